The molecule has 2 aliphatic rings. The van der Waals surface area contributed by atoms with E-state index in [4.69, 9.17) is 9.47 Å². The Bertz CT molecular complexity index is 597. The Kier molecular flexibility index (Phi) is 5.45. The minimum Gasteiger partial charge on any atom is -0.454 e. The standard InChI is InChI=1S/C19H26O5/c1-11(2)10-23-16-9-19(5,22)7-6-14(20)12(3)8-15-17(16)13(4)18(21)24-15/h6-8,11,15-17,22H,4,9-10H2,1-3,5H3. The van der Waals surface area contributed by atoms with E-state index in [0.29, 0.717) is 23.7 Å². The first-order valence-corrected chi connectivity index (χ1v) is 8.26. The lowest BCUT2D eigenvalue weighted by Crippen LogP contribution is -2.39. The molecule has 4 unspecified atom stereocenters. The van der Waals surface area contributed by atoms with Crippen molar-refractivity contribution in [3.05, 3.63) is 36.0 Å². The fourth-order valence-corrected chi connectivity index (χ4v) is 2.98. The van der Waals surface area contributed by atoms with Gasteiger partial charge in [-0.2, -0.15) is 0 Å². The molecule has 1 heterocycles. The SMILES string of the molecule is C=C1C(=O)OC2C=C(C)C(=O)C=CC(C)(O)CC(OCC(C)C)C12. The largest absolute Gasteiger partial charge is 0.454 e. The van der Waals surface area contributed by atoms with Crippen LogP contribution in [0.25, 0.3) is 0 Å². The second-order valence-electron chi connectivity index (χ2n) is 7.30. The van der Waals surface area contributed by atoms with Crippen molar-refractivity contribution in [3.63, 3.8) is 0 Å². The maximum absolute atomic E-state index is 12.1. The molecule has 0 saturated carbocycles. The third-order valence-corrected chi connectivity index (χ3v) is 4.32. The summed E-state index contributed by atoms with van der Waals surface area (Å²) in [5.74, 6) is -0.808. The lowest BCUT2D eigenvalue weighted by atomic mass is 9.82. The highest BCUT2D eigenvalue weighted by atomic mass is 16.6. The number of hydrogen-bond donors (Lipinski definition) is 1. The van der Waals surface area contributed by atoms with Crippen LogP contribution in [0.5, 0.6) is 0 Å². The maximum Gasteiger partial charge on any atom is 0.334 e. The van der Waals surface area contributed by atoms with Crippen molar-refractivity contribution >= 4 is 11.8 Å². The van der Waals surface area contributed by atoms with Crippen molar-refractivity contribution < 1.29 is 24.2 Å². The van der Waals surface area contributed by atoms with Crippen LogP contribution in [0.3, 0.4) is 0 Å². The Morgan fingerprint density at radius 2 is 2.12 bits per heavy atom. The molecule has 24 heavy (non-hydrogen) atoms. The zero-order valence-corrected chi connectivity index (χ0v) is 14.7. The molecule has 132 valence electrons. The van der Waals surface area contributed by atoms with Crippen molar-refractivity contribution in [2.75, 3.05) is 6.61 Å². The number of hydrogen-bond acceptors (Lipinski definition) is 5. The van der Waals surface area contributed by atoms with Crippen molar-refractivity contribution in [2.24, 2.45) is 11.8 Å². The van der Waals surface area contributed by atoms with Crippen LogP contribution in [0.4, 0.5) is 0 Å². The van der Waals surface area contributed by atoms with Crippen molar-refractivity contribution in [2.45, 2.75) is 51.9 Å². The van der Waals surface area contributed by atoms with Gasteiger partial charge in [0, 0.05) is 18.6 Å². The van der Waals surface area contributed by atoms with Gasteiger partial charge in [-0.1, -0.05) is 20.4 Å². The van der Waals surface area contributed by atoms with Gasteiger partial charge >= 0.3 is 5.97 Å². The number of carbonyl (C=O) groups excluding carboxylic acids is 2. The van der Waals surface area contributed by atoms with Crippen LogP contribution in [-0.2, 0) is 19.1 Å². The van der Waals surface area contributed by atoms with Gasteiger partial charge in [-0.25, -0.2) is 4.79 Å². The van der Waals surface area contributed by atoms with E-state index in [1.807, 2.05) is 13.8 Å². The Hall–Kier alpha value is -1.72. The molecule has 0 aromatic heterocycles. The third kappa shape index (κ3) is 4.22. The molecule has 0 aromatic carbocycles. The molecule has 1 saturated heterocycles. The zero-order valence-electron chi connectivity index (χ0n) is 14.7. The molecule has 0 amide bonds. The summed E-state index contributed by atoms with van der Waals surface area (Å²) in [5.41, 5.74) is -0.444. The summed E-state index contributed by atoms with van der Waals surface area (Å²) in [6.07, 6.45) is 3.70. The second-order valence-corrected chi connectivity index (χ2v) is 7.30. The van der Waals surface area contributed by atoms with E-state index in [1.165, 1.54) is 12.2 Å². The molecule has 0 bridgehead atoms. The van der Waals surface area contributed by atoms with Crippen LogP contribution < -0.4 is 0 Å². The molecule has 4 atom stereocenters. The number of ketones is 1. The summed E-state index contributed by atoms with van der Waals surface area (Å²) >= 11 is 0. The van der Waals surface area contributed by atoms with E-state index >= 15 is 0 Å². The smallest absolute Gasteiger partial charge is 0.334 e. The molecule has 5 heteroatoms. The summed E-state index contributed by atoms with van der Waals surface area (Å²) in [4.78, 5) is 24.1. The van der Waals surface area contributed by atoms with Crippen LogP contribution >= 0.6 is 0 Å². The molecule has 0 radical (unpaired) electrons. The molecule has 0 spiro atoms. The van der Waals surface area contributed by atoms with Gasteiger partial charge in [-0.05, 0) is 43.6 Å². The Balaban J connectivity index is 2.43. The van der Waals surface area contributed by atoms with E-state index in [1.54, 1.807) is 19.9 Å². The summed E-state index contributed by atoms with van der Waals surface area (Å²) < 4.78 is 11.4. The topological polar surface area (TPSA) is 72.8 Å². The molecule has 1 N–H and O–H groups in total. The molecule has 1 fully saturated rings. The molecule has 0 aromatic rings. The highest BCUT2D eigenvalue weighted by molar-refractivity contribution is 6.03. The first-order valence-electron chi connectivity index (χ1n) is 8.26. The first-order chi connectivity index (χ1) is 11.1. The molecule has 5 nitrogen and oxygen atoms in total. The number of fused-ring (bicyclic) bond motifs is 1. The predicted octanol–water partition coefficient (Wildman–Crippen LogP) is 2.35. The second kappa shape index (κ2) is 7.03. The number of esters is 1. The third-order valence-electron chi connectivity index (χ3n) is 4.32. The lowest BCUT2D eigenvalue weighted by molar-refractivity contribution is -0.138. The summed E-state index contributed by atoms with van der Waals surface area (Å²) in [6.45, 7) is 11.7. The average Bonchev–Trinajstić information content (AvgIpc) is 2.75. The molecular formula is C19H26O5. The van der Waals surface area contributed by atoms with Crippen molar-refractivity contribution in [1.82, 2.24) is 0 Å². The summed E-state index contributed by atoms with van der Waals surface area (Å²) in [7, 11) is 0. The maximum atomic E-state index is 12.1. The lowest BCUT2D eigenvalue weighted by Gasteiger charge is -2.32. The normalized spacial score (nSPS) is 34.2. The van der Waals surface area contributed by atoms with Crippen LogP contribution in [0.1, 0.15) is 34.1 Å². The van der Waals surface area contributed by atoms with E-state index in [0.717, 1.165) is 0 Å². The number of ether oxygens (including phenoxy) is 2. The number of aliphatic hydroxyl groups is 1. The highest BCUT2D eigenvalue weighted by Crippen LogP contribution is 2.36. The number of rotatable bonds is 3. The Morgan fingerprint density at radius 1 is 1.46 bits per heavy atom. The van der Waals surface area contributed by atoms with Gasteiger partial charge in [0.15, 0.2) is 5.78 Å². The van der Waals surface area contributed by atoms with Gasteiger partial charge in [-0.15, -0.1) is 0 Å². The number of allylic oxidation sites excluding steroid dienone is 2. The van der Waals surface area contributed by atoms with Crippen molar-refractivity contribution in [3.8, 4) is 0 Å². The van der Waals surface area contributed by atoms with Gasteiger partial charge in [0.1, 0.15) is 6.10 Å². The van der Waals surface area contributed by atoms with Gasteiger partial charge in [0.05, 0.1) is 17.6 Å². The van der Waals surface area contributed by atoms with E-state index in [-0.39, 0.29) is 12.2 Å². The van der Waals surface area contributed by atoms with E-state index in [2.05, 4.69) is 6.58 Å². The minimum absolute atomic E-state index is 0.218. The fraction of sp³-hybridized carbons (Fsp3) is 0.579. The molecule has 1 aliphatic heterocycles. The van der Waals surface area contributed by atoms with Crippen molar-refractivity contribution in [1.29, 1.82) is 0 Å². The van der Waals surface area contributed by atoms with Crippen LogP contribution in [0.2, 0.25) is 0 Å². The Morgan fingerprint density at radius 3 is 2.75 bits per heavy atom. The summed E-state index contributed by atoms with van der Waals surface area (Å²) in [6, 6.07) is 0. The van der Waals surface area contributed by atoms with Gasteiger partial charge in [0.25, 0.3) is 0 Å². The van der Waals surface area contributed by atoms with Gasteiger partial charge < -0.3 is 14.6 Å². The molecule has 2 rings (SSSR count). The van der Waals surface area contributed by atoms with Crippen LogP contribution in [0.15, 0.2) is 36.0 Å². The fourth-order valence-electron chi connectivity index (χ4n) is 2.98. The average molecular weight is 334 g/mol. The quantitative estimate of drug-likeness (QED) is 0.633. The van der Waals surface area contributed by atoms with Crippen LogP contribution in [0, 0.1) is 11.8 Å². The van der Waals surface area contributed by atoms with Crippen LogP contribution in [-0.4, -0.2) is 41.3 Å². The predicted molar refractivity (Wildman–Crippen MR) is 90.2 cm³/mol. The summed E-state index contributed by atoms with van der Waals surface area (Å²) in [5, 5.41) is 10.6. The first kappa shape index (κ1) is 18.6. The number of carbonyl (C=O) groups is 2. The van der Waals surface area contributed by atoms with E-state index < -0.39 is 29.7 Å². The van der Waals surface area contributed by atoms with Gasteiger partial charge in [-0.3, -0.25) is 4.79 Å². The Labute approximate surface area is 143 Å². The van der Waals surface area contributed by atoms with Gasteiger partial charge in [0.2, 0.25) is 0 Å². The molecular weight excluding hydrogens is 308 g/mol. The minimum atomic E-state index is -1.23. The molecule has 1 aliphatic carbocycles. The highest BCUT2D eigenvalue weighted by Gasteiger charge is 2.45. The van der Waals surface area contributed by atoms with E-state index in [9.17, 15) is 14.7 Å². The monoisotopic (exact) mass is 334 g/mol. The zero-order chi connectivity index (χ0) is 18.1.